The van der Waals surface area contributed by atoms with Crippen LogP contribution >= 0.6 is 0 Å². The van der Waals surface area contributed by atoms with E-state index in [0.717, 1.165) is 0 Å². The average Bonchev–Trinajstić information content (AvgIpc) is 2.24. The molecular weight excluding hydrogens is 268 g/mol. The Morgan fingerprint density at radius 1 is 1.35 bits per heavy atom. The molecule has 0 saturated carbocycles. The van der Waals surface area contributed by atoms with Gasteiger partial charge in [0.05, 0.1) is 12.6 Å². The number of aliphatic hydroxyl groups excluding tert-OH is 1. The minimum absolute atomic E-state index is 0.149. The van der Waals surface area contributed by atoms with E-state index >= 15 is 0 Å². The van der Waals surface area contributed by atoms with Crippen LogP contribution in [0.1, 0.15) is 37.6 Å². The van der Waals surface area contributed by atoms with Gasteiger partial charge in [-0.2, -0.15) is 0 Å². The number of rotatable bonds is 4. The molecule has 0 heterocycles. The number of aliphatic hydroxyl groups is 1. The Bertz CT molecular complexity index is 475. The molecule has 0 aliphatic heterocycles. The lowest BCUT2D eigenvalue weighted by Gasteiger charge is -2.25. The summed E-state index contributed by atoms with van der Waals surface area (Å²) < 4.78 is 26.4. The van der Waals surface area contributed by atoms with E-state index < -0.39 is 34.9 Å². The Hall–Kier alpha value is -1.69. The third-order valence-corrected chi connectivity index (χ3v) is 2.68. The van der Waals surface area contributed by atoms with E-state index in [1.807, 2.05) is 20.8 Å². The minimum atomic E-state index is -1.15. The third kappa shape index (κ3) is 4.45. The summed E-state index contributed by atoms with van der Waals surface area (Å²) >= 11 is 0. The van der Waals surface area contributed by atoms with Crippen LogP contribution in [0.25, 0.3) is 0 Å². The van der Waals surface area contributed by atoms with Gasteiger partial charge in [0.1, 0.15) is 22.9 Å². The first-order chi connectivity index (χ1) is 9.14. The highest BCUT2D eigenvalue weighted by atomic mass is 19.1. The SMILES string of the molecule is CC(C)(C)CC(CO)NC(=O)c1c(O)cc(F)cc1F. The van der Waals surface area contributed by atoms with E-state index in [2.05, 4.69) is 5.32 Å². The van der Waals surface area contributed by atoms with Crippen molar-refractivity contribution in [2.24, 2.45) is 5.41 Å². The van der Waals surface area contributed by atoms with Gasteiger partial charge in [-0.05, 0) is 11.8 Å². The van der Waals surface area contributed by atoms with Gasteiger partial charge in [-0.1, -0.05) is 20.8 Å². The Morgan fingerprint density at radius 2 is 1.95 bits per heavy atom. The molecule has 0 spiro atoms. The van der Waals surface area contributed by atoms with Gasteiger partial charge in [0.15, 0.2) is 0 Å². The summed E-state index contributed by atoms with van der Waals surface area (Å²) in [6, 6.07) is 0.605. The molecule has 4 nitrogen and oxygen atoms in total. The standard InChI is InChI=1S/C14H19F2NO3/c1-14(2,3)6-9(7-18)17-13(20)12-10(16)4-8(15)5-11(12)19/h4-5,9,18-19H,6-7H2,1-3H3,(H,17,20). The highest BCUT2D eigenvalue weighted by molar-refractivity contribution is 5.97. The van der Waals surface area contributed by atoms with Crippen LogP contribution in [-0.2, 0) is 0 Å². The summed E-state index contributed by atoms with van der Waals surface area (Å²) in [6.07, 6.45) is 0.471. The molecule has 1 unspecified atom stereocenters. The summed E-state index contributed by atoms with van der Waals surface area (Å²) in [5.74, 6) is -3.77. The zero-order valence-electron chi connectivity index (χ0n) is 11.7. The monoisotopic (exact) mass is 287 g/mol. The minimum Gasteiger partial charge on any atom is -0.507 e. The molecule has 0 aliphatic carbocycles. The summed E-state index contributed by atoms with van der Waals surface area (Å²) in [5.41, 5.74) is -0.775. The van der Waals surface area contributed by atoms with Crippen molar-refractivity contribution in [1.29, 1.82) is 0 Å². The van der Waals surface area contributed by atoms with Crippen molar-refractivity contribution in [2.45, 2.75) is 33.2 Å². The van der Waals surface area contributed by atoms with E-state index in [1.54, 1.807) is 0 Å². The topological polar surface area (TPSA) is 69.6 Å². The van der Waals surface area contributed by atoms with Gasteiger partial charge in [-0.15, -0.1) is 0 Å². The molecule has 1 rings (SSSR count). The Labute approximate surface area is 116 Å². The van der Waals surface area contributed by atoms with E-state index in [0.29, 0.717) is 18.6 Å². The molecule has 3 N–H and O–H groups in total. The van der Waals surface area contributed by atoms with Crippen LogP contribution in [0.15, 0.2) is 12.1 Å². The van der Waals surface area contributed by atoms with Crippen LogP contribution < -0.4 is 5.32 Å². The van der Waals surface area contributed by atoms with Crippen molar-refractivity contribution in [3.63, 3.8) is 0 Å². The maximum Gasteiger partial charge on any atom is 0.258 e. The van der Waals surface area contributed by atoms with Crippen molar-refractivity contribution in [3.05, 3.63) is 29.3 Å². The van der Waals surface area contributed by atoms with Gasteiger partial charge in [0, 0.05) is 12.1 Å². The van der Waals surface area contributed by atoms with Gasteiger partial charge in [0.2, 0.25) is 0 Å². The molecule has 20 heavy (non-hydrogen) atoms. The molecule has 0 radical (unpaired) electrons. The molecule has 1 aromatic rings. The number of hydrogen-bond donors (Lipinski definition) is 3. The molecule has 0 saturated heterocycles. The van der Waals surface area contributed by atoms with Gasteiger partial charge in [-0.3, -0.25) is 4.79 Å². The van der Waals surface area contributed by atoms with Crippen LogP contribution in [0, 0.1) is 17.0 Å². The number of phenolic OH excluding ortho intramolecular Hbond substituents is 1. The van der Waals surface area contributed by atoms with E-state index in [1.165, 1.54) is 0 Å². The highest BCUT2D eigenvalue weighted by Gasteiger charge is 2.24. The van der Waals surface area contributed by atoms with Crippen molar-refractivity contribution >= 4 is 5.91 Å². The number of amides is 1. The lowest BCUT2D eigenvalue weighted by molar-refractivity contribution is 0.0890. The lowest BCUT2D eigenvalue weighted by Crippen LogP contribution is -2.40. The third-order valence-electron chi connectivity index (χ3n) is 2.68. The number of halogens is 2. The summed E-state index contributed by atoms with van der Waals surface area (Å²) in [5, 5.41) is 21.1. The normalized spacial score (nSPS) is 13.1. The fourth-order valence-corrected chi connectivity index (χ4v) is 1.94. The largest absolute Gasteiger partial charge is 0.507 e. The van der Waals surface area contributed by atoms with Gasteiger partial charge in [0.25, 0.3) is 5.91 Å². The molecule has 0 aromatic heterocycles. The number of carbonyl (C=O) groups excluding carboxylic acids is 1. The molecule has 1 aromatic carbocycles. The first-order valence-corrected chi connectivity index (χ1v) is 6.24. The predicted molar refractivity (Wildman–Crippen MR) is 70.4 cm³/mol. The number of phenols is 1. The Kier molecular flexibility index (Phi) is 5.05. The number of carbonyl (C=O) groups is 1. The van der Waals surface area contributed by atoms with E-state index in [-0.39, 0.29) is 12.0 Å². The number of nitrogens with one attached hydrogen (secondary N) is 1. The zero-order valence-corrected chi connectivity index (χ0v) is 11.7. The van der Waals surface area contributed by atoms with E-state index in [9.17, 15) is 23.8 Å². The second-order valence-electron chi connectivity index (χ2n) is 5.90. The van der Waals surface area contributed by atoms with Crippen LogP contribution in [0.2, 0.25) is 0 Å². The first-order valence-electron chi connectivity index (χ1n) is 6.24. The van der Waals surface area contributed by atoms with Crippen molar-refractivity contribution < 1.29 is 23.8 Å². The van der Waals surface area contributed by atoms with Crippen LogP contribution in [-0.4, -0.2) is 28.8 Å². The van der Waals surface area contributed by atoms with Gasteiger partial charge < -0.3 is 15.5 Å². The highest BCUT2D eigenvalue weighted by Crippen LogP contribution is 2.24. The maximum atomic E-state index is 13.5. The van der Waals surface area contributed by atoms with Gasteiger partial charge in [-0.25, -0.2) is 8.78 Å². The number of aromatic hydroxyl groups is 1. The molecule has 6 heteroatoms. The van der Waals surface area contributed by atoms with E-state index in [4.69, 9.17) is 0 Å². The number of hydrogen-bond acceptors (Lipinski definition) is 3. The first kappa shape index (κ1) is 16.4. The second kappa shape index (κ2) is 6.17. The molecule has 1 atom stereocenters. The molecule has 0 aliphatic rings. The van der Waals surface area contributed by atoms with Crippen molar-refractivity contribution in [1.82, 2.24) is 5.32 Å². The maximum absolute atomic E-state index is 13.5. The molecule has 0 fully saturated rings. The summed E-state index contributed by atoms with van der Waals surface area (Å²) in [7, 11) is 0. The molecule has 0 bridgehead atoms. The van der Waals surface area contributed by atoms with Crippen LogP contribution in [0.4, 0.5) is 8.78 Å². The second-order valence-corrected chi connectivity index (χ2v) is 5.90. The zero-order chi connectivity index (χ0) is 15.5. The Balaban J connectivity index is 2.91. The fourth-order valence-electron chi connectivity index (χ4n) is 1.94. The lowest BCUT2D eigenvalue weighted by atomic mass is 9.88. The fraction of sp³-hybridized carbons (Fsp3) is 0.500. The van der Waals surface area contributed by atoms with Crippen molar-refractivity contribution in [2.75, 3.05) is 6.61 Å². The van der Waals surface area contributed by atoms with Gasteiger partial charge >= 0.3 is 0 Å². The molecular formula is C14H19F2NO3. The Morgan fingerprint density at radius 3 is 2.40 bits per heavy atom. The predicted octanol–water partition coefficient (Wildman–Crippen LogP) is 2.20. The average molecular weight is 287 g/mol. The van der Waals surface area contributed by atoms with Crippen LogP contribution in [0.3, 0.4) is 0 Å². The van der Waals surface area contributed by atoms with Crippen molar-refractivity contribution in [3.8, 4) is 5.75 Å². The van der Waals surface area contributed by atoms with Crippen LogP contribution in [0.5, 0.6) is 5.75 Å². The quantitative estimate of drug-likeness (QED) is 0.795. The number of benzene rings is 1. The molecule has 112 valence electrons. The summed E-state index contributed by atoms with van der Waals surface area (Å²) in [4.78, 5) is 11.9. The smallest absolute Gasteiger partial charge is 0.258 e. The molecule has 1 amide bonds. The summed E-state index contributed by atoms with van der Waals surface area (Å²) in [6.45, 7) is 5.47.